The van der Waals surface area contributed by atoms with Crippen LogP contribution in [0.3, 0.4) is 0 Å². The van der Waals surface area contributed by atoms with Crippen molar-refractivity contribution in [3.05, 3.63) is 77.3 Å². The Kier molecular flexibility index (Phi) is 5.56. The molecule has 0 saturated carbocycles. The first-order valence-electron chi connectivity index (χ1n) is 8.33. The summed E-state index contributed by atoms with van der Waals surface area (Å²) < 4.78 is 5.91. The van der Waals surface area contributed by atoms with E-state index in [0.29, 0.717) is 23.7 Å². The quantitative estimate of drug-likeness (QED) is 0.679. The minimum atomic E-state index is -0.520. The van der Waals surface area contributed by atoms with Gasteiger partial charge >= 0.3 is 0 Å². The van der Waals surface area contributed by atoms with Crippen molar-refractivity contribution in [1.82, 2.24) is 5.32 Å². The Morgan fingerprint density at radius 1 is 1.04 bits per heavy atom. The number of nitrogens with one attached hydrogen (secondary N) is 1. The normalized spacial score (nSPS) is 11.9. The van der Waals surface area contributed by atoms with Crippen LogP contribution in [0.1, 0.15) is 18.9 Å². The lowest BCUT2D eigenvalue weighted by molar-refractivity contribution is -0.128. The first-order chi connectivity index (χ1) is 12.2. The van der Waals surface area contributed by atoms with Crippen LogP contribution in [0.2, 0.25) is 5.02 Å². The number of hydrogen-bond acceptors (Lipinski definition) is 2. The van der Waals surface area contributed by atoms with Crippen LogP contribution in [0, 0.1) is 0 Å². The van der Waals surface area contributed by atoms with E-state index >= 15 is 0 Å². The van der Waals surface area contributed by atoms with Crippen molar-refractivity contribution in [1.29, 1.82) is 0 Å². The molecule has 0 aliphatic heterocycles. The molecule has 3 rings (SSSR count). The SMILES string of the molecule is CC[C@H](Oc1ccc2ccccc2c1)C(=O)NCc1ccc(Cl)cc1. The Labute approximate surface area is 152 Å². The highest BCUT2D eigenvalue weighted by molar-refractivity contribution is 6.30. The molecule has 0 heterocycles. The number of carbonyl (C=O) groups excluding carboxylic acids is 1. The van der Waals surface area contributed by atoms with Gasteiger partial charge < -0.3 is 10.1 Å². The lowest BCUT2D eigenvalue weighted by Gasteiger charge is -2.17. The summed E-state index contributed by atoms with van der Waals surface area (Å²) in [5.74, 6) is 0.581. The zero-order chi connectivity index (χ0) is 17.6. The molecule has 1 amide bonds. The molecule has 0 aliphatic carbocycles. The number of rotatable bonds is 6. The molecule has 0 aromatic heterocycles. The molecule has 0 fully saturated rings. The fourth-order valence-electron chi connectivity index (χ4n) is 2.63. The fraction of sp³-hybridized carbons (Fsp3) is 0.190. The summed E-state index contributed by atoms with van der Waals surface area (Å²) in [6.07, 6.45) is 0.0766. The number of carbonyl (C=O) groups is 1. The number of benzene rings is 3. The van der Waals surface area contributed by atoms with Gasteiger partial charge in [-0.25, -0.2) is 0 Å². The van der Waals surface area contributed by atoms with Crippen molar-refractivity contribution in [2.75, 3.05) is 0 Å². The van der Waals surface area contributed by atoms with Gasteiger partial charge in [-0.15, -0.1) is 0 Å². The van der Waals surface area contributed by atoms with Gasteiger partial charge in [0.05, 0.1) is 0 Å². The van der Waals surface area contributed by atoms with Crippen molar-refractivity contribution in [3.8, 4) is 5.75 Å². The molecule has 1 atom stereocenters. The molecule has 1 N–H and O–H groups in total. The Hall–Kier alpha value is -2.52. The Morgan fingerprint density at radius 3 is 2.48 bits per heavy atom. The van der Waals surface area contributed by atoms with Crippen LogP contribution in [0.5, 0.6) is 5.75 Å². The van der Waals surface area contributed by atoms with Gasteiger partial charge in [0.25, 0.3) is 5.91 Å². The molecule has 0 saturated heterocycles. The topological polar surface area (TPSA) is 38.3 Å². The molecule has 4 heteroatoms. The second-order valence-electron chi connectivity index (χ2n) is 5.87. The standard InChI is InChI=1S/C21H20ClNO2/c1-2-20(21(24)23-14-15-7-10-18(22)11-8-15)25-19-12-9-16-5-3-4-6-17(16)13-19/h3-13,20H,2,14H2,1H3,(H,23,24)/t20-/m0/s1. The van der Waals surface area contributed by atoms with E-state index in [1.165, 1.54) is 0 Å². The summed E-state index contributed by atoms with van der Waals surface area (Å²) in [5, 5.41) is 5.84. The molecule has 3 nitrogen and oxygen atoms in total. The molecule has 0 unspecified atom stereocenters. The van der Waals surface area contributed by atoms with E-state index in [0.717, 1.165) is 16.3 Å². The van der Waals surface area contributed by atoms with Gasteiger partial charge in [-0.1, -0.05) is 61.0 Å². The first-order valence-corrected chi connectivity index (χ1v) is 8.71. The van der Waals surface area contributed by atoms with Crippen molar-refractivity contribution in [2.24, 2.45) is 0 Å². The van der Waals surface area contributed by atoms with Crippen molar-refractivity contribution in [3.63, 3.8) is 0 Å². The maximum absolute atomic E-state index is 12.4. The lowest BCUT2D eigenvalue weighted by Crippen LogP contribution is -2.37. The Morgan fingerprint density at radius 2 is 1.76 bits per heavy atom. The van der Waals surface area contributed by atoms with E-state index in [9.17, 15) is 4.79 Å². The third kappa shape index (κ3) is 4.52. The van der Waals surface area contributed by atoms with Gasteiger partial charge in [0, 0.05) is 11.6 Å². The van der Waals surface area contributed by atoms with Crippen molar-refractivity contribution < 1.29 is 9.53 Å². The number of ether oxygens (including phenoxy) is 1. The van der Waals surface area contributed by atoms with Crippen LogP contribution < -0.4 is 10.1 Å². The summed E-state index contributed by atoms with van der Waals surface area (Å²) in [6.45, 7) is 2.39. The summed E-state index contributed by atoms with van der Waals surface area (Å²) in [5.41, 5.74) is 0.998. The second-order valence-corrected chi connectivity index (χ2v) is 6.30. The fourth-order valence-corrected chi connectivity index (χ4v) is 2.76. The number of hydrogen-bond donors (Lipinski definition) is 1. The zero-order valence-electron chi connectivity index (χ0n) is 14.0. The molecule has 25 heavy (non-hydrogen) atoms. The largest absolute Gasteiger partial charge is 0.481 e. The van der Waals surface area contributed by atoms with E-state index < -0.39 is 6.10 Å². The number of amides is 1. The zero-order valence-corrected chi connectivity index (χ0v) is 14.8. The first kappa shape index (κ1) is 17.3. The minimum Gasteiger partial charge on any atom is -0.481 e. The number of fused-ring (bicyclic) bond motifs is 1. The summed E-state index contributed by atoms with van der Waals surface area (Å²) in [4.78, 5) is 12.4. The number of halogens is 1. The van der Waals surface area contributed by atoms with Gasteiger partial charge in [0.15, 0.2) is 6.10 Å². The molecule has 0 radical (unpaired) electrons. The van der Waals surface area contributed by atoms with Crippen LogP contribution in [-0.4, -0.2) is 12.0 Å². The highest BCUT2D eigenvalue weighted by Crippen LogP contribution is 2.22. The minimum absolute atomic E-state index is 0.120. The molecule has 0 aliphatic rings. The van der Waals surface area contributed by atoms with Crippen LogP contribution in [0.15, 0.2) is 66.7 Å². The maximum Gasteiger partial charge on any atom is 0.261 e. The van der Waals surface area contributed by atoms with Crippen molar-refractivity contribution >= 4 is 28.3 Å². The van der Waals surface area contributed by atoms with Gasteiger partial charge in [0.1, 0.15) is 5.75 Å². The molecule has 0 bridgehead atoms. The highest BCUT2D eigenvalue weighted by Gasteiger charge is 2.18. The predicted octanol–water partition coefficient (Wildman–Crippen LogP) is 4.97. The molecule has 3 aromatic rings. The van der Waals surface area contributed by atoms with Crippen LogP contribution in [0.4, 0.5) is 0 Å². The molecular weight excluding hydrogens is 334 g/mol. The summed E-state index contributed by atoms with van der Waals surface area (Å²) in [7, 11) is 0. The second kappa shape index (κ2) is 8.04. The van der Waals surface area contributed by atoms with Crippen LogP contribution in [0.25, 0.3) is 10.8 Å². The van der Waals surface area contributed by atoms with E-state index in [2.05, 4.69) is 11.4 Å². The Bertz CT molecular complexity index is 861. The average Bonchev–Trinajstić information content (AvgIpc) is 2.65. The average molecular weight is 354 g/mol. The third-order valence-corrected chi connectivity index (χ3v) is 4.29. The molecule has 3 aromatic carbocycles. The van der Waals surface area contributed by atoms with Crippen molar-refractivity contribution in [2.45, 2.75) is 26.0 Å². The van der Waals surface area contributed by atoms with Gasteiger partial charge in [0.2, 0.25) is 0 Å². The smallest absolute Gasteiger partial charge is 0.261 e. The van der Waals surface area contributed by atoms with Gasteiger partial charge in [-0.2, -0.15) is 0 Å². The Balaban J connectivity index is 1.64. The summed E-state index contributed by atoms with van der Waals surface area (Å²) >= 11 is 5.87. The van der Waals surface area contributed by atoms with E-state index in [4.69, 9.17) is 16.3 Å². The molecule has 0 spiro atoms. The van der Waals surface area contributed by atoms with Gasteiger partial charge in [-0.3, -0.25) is 4.79 Å². The third-order valence-electron chi connectivity index (χ3n) is 4.04. The molecule has 128 valence electrons. The van der Waals surface area contributed by atoms with E-state index in [1.54, 1.807) is 0 Å². The van der Waals surface area contributed by atoms with Gasteiger partial charge in [-0.05, 0) is 47.0 Å². The van der Waals surface area contributed by atoms with E-state index in [-0.39, 0.29) is 5.91 Å². The highest BCUT2D eigenvalue weighted by atomic mass is 35.5. The summed E-state index contributed by atoms with van der Waals surface area (Å²) in [6, 6.07) is 21.4. The predicted molar refractivity (Wildman–Crippen MR) is 102 cm³/mol. The lowest BCUT2D eigenvalue weighted by atomic mass is 10.1. The maximum atomic E-state index is 12.4. The molecular formula is C21H20ClNO2. The van der Waals surface area contributed by atoms with E-state index in [1.807, 2.05) is 67.6 Å². The van der Waals surface area contributed by atoms with Crippen LogP contribution >= 0.6 is 11.6 Å². The van der Waals surface area contributed by atoms with Crippen LogP contribution in [-0.2, 0) is 11.3 Å². The monoisotopic (exact) mass is 353 g/mol.